The van der Waals surface area contributed by atoms with E-state index in [2.05, 4.69) is 0 Å². The third-order valence-electron chi connectivity index (χ3n) is 5.35. The molecule has 0 aromatic heterocycles. The minimum absolute atomic E-state index is 0.0559. The van der Waals surface area contributed by atoms with Crippen LogP contribution in [-0.4, -0.2) is 55.4 Å². The third-order valence-corrected chi connectivity index (χ3v) is 7.25. The smallest absolute Gasteiger partial charge is 0.261 e. The third kappa shape index (κ3) is 4.28. The van der Waals surface area contributed by atoms with Gasteiger partial charge in [0.05, 0.1) is 28.6 Å². The van der Waals surface area contributed by atoms with Crippen LogP contribution in [0.25, 0.3) is 0 Å². The van der Waals surface area contributed by atoms with Gasteiger partial charge in [0, 0.05) is 7.05 Å². The molecule has 3 aromatic carbocycles. The molecule has 33 heavy (non-hydrogen) atoms. The molecule has 1 aliphatic heterocycles. The first-order valence-corrected chi connectivity index (χ1v) is 11.5. The highest BCUT2D eigenvalue weighted by Gasteiger charge is 2.39. The van der Waals surface area contributed by atoms with Crippen LogP contribution in [0.5, 0.6) is 11.5 Å². The van der Waals surface area contributed by atoms with E-state index in [-0.39, 0.29) is 22.6 Å². The van der Waals surface area contributed by atoms with Gasteiger partial charge >= 0.3 is 0 Å². The van der Waals surface area contributed by atoms with Gasteiger partial charge in [-0.3, -0.25) is 14.5 Å². The van der Waals surface area contributed by atoms with Crippen molar-refractivity contribution in [3.63, 3.8) is 0 Å². The van der Waals surface area contributed by atoms with Crippen molar-refractivity contribution in [1.82, 2.24) is 9.21 Å². The number of nitrogens with zero attached hydrogens (tertiary/aromatic N) is 2. The first-order valence-electron chi connectivity index (χ1n) is 10.0. The van der Waals surface area contributed by atoms with Gasteiger partial charge < -0.3 is 9.53 Å². The zero-order chi connectivity index (χ0) is 23.6. The molecule has 1 unspecified atom stereocenters. The number of amides is 2. The minimum atomic E-state index is -4.09. The van der Waals surface area contributed by atoms with E-state index in [0.29, 0.717) is 17.8 Å². The van der Waals surface area contributed by atoms with Crippen molar-refractivity contribution in [2.24, 2.45) is 0 Å². The van der Waals surface area contributed by atoms with Crippen molar-refractivity contribution in [2.75, 3.05) is 13.6 Å². The van der Waals surface area contributed by atoms with Crippen LogP contribution in [0.2, 0.25) is 0 Å². The zero-order valence-electron chi connectivity index (χ0n) is 17.6. The predicted octanol–water partition coefficient (Wildman–Crippen LogP) is 2.96. The van der Waals surface area contributed by atoms with E-state index in [9.17, 15) is 22.8 Å². The van der Waals surface area contributed by atoms with Crippen molar-refractivity contribution in [3.8, 4) is 11.5 Å². The lowest BCUT2D eigenvalue weighted by molar-refractivity contribution is -0.111. The maximum absolute atomic E-state index is 13.1. The molecule has 168 valence electrons. The van der Waals surface area contributed by atoms with Crippen LogP contribution in [-0.2, 0) is 14.8 Å². The van der Waals surface area contributed by atoms with Crippen LogP contribution >= 0.6 is 0 Å². The highest BCUT2D eigenvalue weighted by molar-refractivity contribution is 7.89. The fourth-order valence-electron chi connectivity index (χ4n) is 3.48. The maximum atomic E-state index is 13.1. The van der Waals surface area contributed by atoms with Gasteiger partial charge in [-0.2, -0.15) is 4.31 Å². The number of ether oxygens (including phenoxy) is 1. The Hall–Kier alpha value is -3.82. The topological polar surface area (TPSA) is 101 Å². The van der Waals surface area contributed by atoms with E-state index in [1.165, 1.54) is 43.4 Å². The number of benzene rings is 3. The summed E-state index contributed by atoms with van der Waals surface area (Å²) in [5.74, 6) is -0.0701. The van der Waals surface area contributed by atoms with Crippen molar-refractivity contribution >= 4 is 28.1 Å². The quantitative estimate of drug-likeness (QED) is 0.375. The molecule has 1 atom stereocenters. The Kier molecular flexibility index (Phi) is 6.08. The number of imide groups is 1. The molecule has 0 saturated heterocycles. The van der Waals surface area contributed by atoms with Gasteiger partial charge in [0.2, 0.25) is 10.0 Å². The molecular formula is C24H20N2O6S. The van der Waals surface area contributed by atoms with Crippen molar-refractivity contribution < 1.29 is 27.5 Å². The summed E-state index contributed by atoms with van der Waals surface area (Å²) in [5.41, 5.74) is 0.457. The molecule has 0 saturated carbocycles. The molecule has 0 radical (unpaired) electrons. The molecule has 1 aliphatic rings. The predicted molar refractivity (Wildman–Crippen MR) is 120 cm³/mol. The minimum Gasteiger partial charge on any atom is -0.457 e. The summed E-state index contributed by atoms with van der Waals surface area (Å²) in [6.07, 6.45) is 0.411. The van der Waals surface area contributed by atoms with Gasteiger partial charge in [-0.1, -0.05) is 30.3 Å². The van der Waals surface area contributed by atoms with Crippen LogP contribution in [0.4, 0.5) is 0 Å². The van der Waals surface area contributed by atoms with Crippen LogP contribution in [0, 0.1) is 0 Å². The summed E-state index contributed by atoms with van der Waals surface area (Å²) >= 11 is 0. The number of carbonyl (C=O) groups is 3. The lowest BCUT2D eigenvalue weighted by Gasteiger charge is -2.26. The number of sulfonamides is 1. The Balaban J connectivity index is 1.51. The molecule has 1 heterocycles. The molecule has 0 bridgehead atoms. The van der Waals surface area contributed by atoms with Gasteiger partial charge in [-0.25, -0.2) is 8.42 Å². The number of likely N-dealkylation sites (N-methyl/N-ethyl adjacent to an activating group) is 1. The summed E-state index contributed by atoms with van der Waals surface area (Å²) in [4.78, 5) is 37.8. The second kappa shape index (κ2) is 8.97. The van der Waals surface area contributed by atoms with E-state index >= 15 is 0 Å². The number of aldehydes is 1. The SMILES string of the molecule is CN(C(C=O)CN1C(=O)c2ccccc2C1=O)S(=O)(=O)c1ccc(Oc2ccccc2)cc1. The molecule has 0 fully saturated rings. The normalized spacial score (nSPS) is 14.3. The fourth-order valence-corrected chi connectivity index (χ4v) is 4.77. The fraction of sp³-hybridized carbons (Fsp3) is 0.125. The average molecular weight is 464 g/mol. The Morgan fingerprint density at radius 1 is 0.848 bits per heavy atom. The number of hydrogen-bond donors (Lipinski definition) is 0. The average Bonchev–Trinajstić information content (AvgIpc) is 3.07. The van der Waals surface area contributed by atoms with Gasteiger partial charge in [0.15, 0.2) is 0 Å². The van der Waals surface area contributed by atoms with Crippen LogP contribution < -0.4 is 4.74 Å². The number of para-hydroxylation sites is 1. The molecule has 9 heteroatoms. The van der Waals surface area contributed by atoms with Crippen LogP contribution in [0.15, 0.2) is 83.8 Å². The van der Waals surface area contributed by atoms with E-state index in [1.807, 2.05) is 18.2 Å². The van der Waals surface area contributed by atoms with Crippen LogP contribution in [0.1, 0.15) is 20.7 Å². The monoisotopic (exact) mass is 464 g/mol. The van der Waals surface area contributed by atoms with E-state index in [0.717, 1.165) is 9.21 Å². The number of hydrogen-bond acceptors (Lipinski definition) is 6. The number of fused-ring (bicyclic) bond motifs is 1. The summed E-state index contributed by atoms with van der Waals surface area (Å²) in [6, 6.07) is 19.8. The Bertz CT molecular complexity index is 1270. The van der Waals surface area contributed by atoms with Crippen LogP contribution in [0.3, 0.4) is 0 Å². The number of rotatable bonds is 8. The molecule has 0 N–H and O–H groups in total. The molecule has 0 spiro atoms. The second-order valence-electron chi connectivity index (χ2n) is 7.38. The molecule has 4 rings (SSSR count). The van der Waals surface area contributed by atoms with Gasteiger partial charge in [-0.05, 0) is 48.5 Å². The molecule has 8 nitrogen and oxygen atoms in total. The molecule has 2 amide bonds. The Morgan fingerprint density at radius 2 is 1.36 bits per heavy atom. The lowest BCUT2D eigenvalue weighted by atomic mass is 10.1. The maximum Gasteiger partial charge on any atom is 0.261 e. The zero-order valence-corrected chi connectivity index (χ0v) is 18.4. The lowest BCUT2D eigenvalue weighted by Crippen LogP contribution is -2.47. The Labute approximate surface area is 191 Å². The standard InChI is InChI=1S/C24H20N2O6S/c1-25(17(16-27)15-26-23(28)21-9-5-6-10-22(21)24(26)29)33(30,31)20-13-11-19(12-14-20)32-18-7-3-2-4-8-18/h2-14,16-17H,15H2,1H3. The largest absolute Gasteiger partial charge is 0.457 e. The van der Waals surface area contributed by atoms with Gasteiger partial charge in [-0.15, -0.1) is 0 Å². The highest BCUT2D eigenvalue weighted by atomic mass is 32.2. The molecule has 0 aliphatic carbocycles. The summed E-state index contributed by atoms with van der Waals surface area (Å²) < 4.78 is 32.7. The number of carbonyl (C=O) groups excluding carboxylic acids is 3. The van der Waals surface area contributed by atoms with Crippen molar-refractivity contribution in [2.45, 2.75) is 10.9 Å². The first-order chi connectivity index (χ1) is 15.8. The summed E-state index contributed by atoms with van der Waals surface area (Å²) in [6.45, 7) is -0.388. The molecule has 3 aromatic rings. The van der Waals surface area contributed by atoms with Crippen molar-refractivity contribution in [3.05, 3.63) is 90.0 Å². The van der Waals surface area contributed by atoms with Gasteiger partial charge in [0.1, 0.15) is 17.8 Å². The van der Waals surface area contributed by atoms with Gasteiger partial charge in [0.25, 0.3) is 11.8 Å². The van der Waals surface area contributed by atoms with E-state index in [1.54, 1.807) is 24.3 Å². The van der Waals surface area contributed by atoms with E-state index < -0.39 is 27.9 Å². The Morgan fingerprint density at radius 3 is 1.91 bits per heavy atom. The van der Waals surface area contributed by atoms with Crippen molar-refractivity contribution in [1.29, 1.82) is 0 Å². The van der Waals surface area contributed by atoms with E-state index in [4.69, 9.17) is 4.74 Å². The second-order valence-corrected chi connectivity index (χ2v) is 9.38. The summed E-state index contributed by atoms with van der Waals surface area (Å²) in [5, 5.41) is 0. The first kappa shape index (κ1) is 22.4. The summed E-state index contributed by atoms with van der Waals surface area (Å²) in [7, 11) is -2.85. The highest BCUT2D eigenvalue weighted by Crippen LogP contribution is 2.26. The molecular weight excluding hydrogens is 444 g/mol.